The minimum absolute atomic E-state index is 0.104. The van der Waals surface area contributed by atoms with Crippen LogP contribution in [-0.2, 0) is 19.0 Å². The molecule has 0 radical (unpaired) electrons. The lowest BCUT2D eigenvalue weighted by Gasteiger charge is -2.17. The van der Waals surface area contributed by atoms with Gasteiger partial charge in [0.05, 0.1) is 23.7 Å². The summed E-state index contributed by atoms with van der Waals surface area (Å²) in [4.78, 5) is 0.104. The lowest BCUT2D eigenvalue weighted by molar-refractivity contribution is 0.00971. The Balaban J connectivity index is 1.96. The summed E-state index contributed by atoms with van der Waals surface area (Å²) in [6.45, 7) is 6.47. The van der Waals surface area contributed by atoms with Crippen molar-refractivity contribution in [2.75, 3.05) is 13.2 Å². The molecule has 198 valence electrons. The predicted molar refractivity (Wildman–Crippen MR) is 141 cm³/mol. The summed E-state index contributed by atoms with van der Waals surface area (Å²) in [5.74, 6) is 0. The highest BCUT2D eigenvalue weighted by Gasteiger charge is 2.19. The topological polar surface area (TPSA) is 72.8 Å². The second-order valence-electron chi connectivity index (χ2n) is 9.72. The van der Waals surface area contributed by atoms with Gasteiger partial charge in [-0.3, -0.25) is 4.18 Å². The highest BCUT2D eigenvalue weighted by molar-refractivity contribution is 7.86. The Labute approximate surface area is 209 Å². The standard InChI is InChI=1S/C28H50O5S/c1-4-5-6-7-8-9-10-11-12-13-14-15-16-17-22-32-26(3)23-27(29)24-33-34(30,31)28-20-18-25(2)19-21-28/h18-21,26-27,29H,4-17,22-24H2,1-3H3/t26?,27-/m0/s1. The Morgan fingerprint density at radius 2 is 1.26 bits per heavy atom. The van der Waals surface area contributed by atoms with Crippen LogP contribution in [0.25, 0.3) is 0 Å². The van der Waals surface area contributed by atoms with E-state index in [0.29, 0.717) is 13.0 Å². The van der Waals surface area contributed by atoms with Crippen LogP contribution in [-0.4, -0.2) is 38.9 Å². The van der Waals surface area contributed by atoms with Crippen molar-refractivity contribution in [2.45, 2.75) is 134 Å². The zero-order valence-corrected chi connectivity index (χ0v) is 22.8. The van der Waals surface area contributed by atoms with Crippen LogP contribution in [0.3, 0.4) is 0 Å². The molecular formula is C28H50O5S. The summed E-state index contributed by atoms with van der Waals surface area (Å²) in [5, 5.41) is 10.1. The van der Waals surface area contributed by atoms with E-state index < -0.39 is 16.2 Å². The minimum atomic E-state index is -3.85. The van der Waals surface area contributed by atoms with Crippen LogP contribution in [0.1, 0.15) is 116 Å². The summed E-state index contributed by atoms with van der Waals surface area (Å²) in [7, 11) is -3.85. The number of aliphatic hydroxyl groups is 1. The Kier molecular flexibility index (Phi) is 17.6. The number of unbranched alkanes of at least 4 members (excludes halogenated alkanes) is 13. The van der Waals surface area contributed by atoms with Crippen LogP contribution in [0.4, 0.5) is 0 Å². The SMILES string of the molecule is CCCCCCCCCCCCCCCCOC(C)C[C@H](O)COS(=O)(=O)c1ccc(C)cc1. The van der Waals surface area contributed by atoms with Gasteiger partial charge in [-0.05, 0) is 32.4 Å². The molecule has 0 heterocycles. The maximum atomic E-state index is 12.2. The van der Waals surface area contributed by atoms with E-state index in [4.69, 9.17) is 8.92 Å². The molecule has 0 aliphatic heterocycles. The van der Waals surface area contributed by atoms with Gasteiger partial charge in [-0.2, -0.15) is 8.42 Å². The van der Waals surface area contributed by atoms with E-state index >= 15 is 0 Å². The molecule has 0 fully saturated rings. The van der Waals surface area contributed by atoms with Crippen molar-refractivity contribution < 1.29 is 22.4 Å². The molecule has 0 saturated heterocycles. The highest BCUT2D eigenvalue weighted by Crippen LogP contribution is 2.15. The van der Waals surface area contributed by atoms with E-state index in [-0.39, 0.29) is 17.6 Å². The second kappa shape index (κ2) is 19.3. The molecule has 5 nitrogen and oxygen atoms in total. The summed E-state index contributed by atoms with van der Waals surface area (Å²) < 4.78 is 35.2. The monoisotopic (exact) mass is 498 g/mol. The molecule has 1 unspecified atom stereocenters. The molecule has 34 heavy (non-hydrogen) atoms. The van der Waals surface area contributed by atoms with Crippen molar-refractivity contribution >= 4 is 10.1 Å². The lowest BCUT2D eigenvalue weighted by Crippen LogP contribution is -2.24. The van der Waals surface area contributed by atoms with Gasteiger partial charge in [0.2, 0.25) is 0 Å². The first-order valence-electron chi connectivity index (χ1n) is 13.6. The van der Waals surface area contributed by atoms with Gasteiger partial charge in [-0.25, -0.2) is 0 Å². The molecule has 1 N–H and O–H groups in total. The Hall–Kier alpha value is -0.950. The first-order valence-corrected chi connectivity index (χ1v) is 15.0. The Morgan fingerprint density at radius 1 is 0.794 bits per heavy atom. The molecule has 0 aliphatic rings. The fraction of sp³-hybridized carbons (Fsp3) is 0.786. The second-order valence-corrected chi connectivity index (χ2v) is 11.3. The van der Waals surface area contributed by atoms with Crippen LogP contribution in [0.5, 0.6) is 0 Å². The number of benzene rings is 1. The Bertz CT molecular complexity index is 702. The van der Waals surface area contributed by atoms with Gasteiger partial charge in [0.25, 0.3) is 10.1 Å². The number of ether oxygens (including phenoxy) is 1. The first kappa shape index (κ1) is 31.1. The van der Waals surface area contributed by atoms with Gasteiger partial charge >= 0.3 is 0 Å². The van der Waals surface area contributed by atoms with Crippen LogP contribution >= 0.6 is 0 Å². The molecule has 2 atom stereocenters. The van der Waals surface area contributed by atoms with Crippen molar-refractivity contribution in [3.8, 4) is 0 Å². The lowest BCUT2D eigenvalue weighted by atomic mass is 10.0. The summed E-state index contributed by atoms with van der Waals surface area (Å²) >= 11 is 0. The number of hydrogen-bond donors (Lipinski definition) is 1. The van der Waals surface area contributed by atoms with Gasteiger partial charge < -0.3 is 9.84 Å². The molecule has 0 aromatic heterocycles. The molecule has 0 aliphatic carbocycles. The average Bonchev–Trinajstić information content (AvgIpc) is 2.80. The van der Waals surface area contributed by atoms with Crippen LogP contribution in [0.2, 0.25) is 0 Å². The fourth-order valence-corrected chi connectivity index (χ4v) is 4.98. The van der Waals surface area contributed by atoms with E-state index in [2.05, 4.69) is 6.92 Å². The number of rotatable bonds is 22. The van der Waals surface area contributed by atoms with Gasteiger partial charge in [0.1, 0.15) is 0 Å². The first-order chi connectivity index (χ1) is 16.3. The number of hydrogen-bond acceptors (Lipinski definition) is 5. The molecular weight excluding hydrogens is 448 g/mol. The quantitative estimate of drug-likeness (QED) is 0.134. The average molecular weight is 499 g/mol. The van der Waals surface area contributed by atoms with Crippen molar-refractivity contribution in [3.63, 3.8) is 0 Å². The van der Waals surface area contributed by atoms with Crippen molar-refractivity contribution in [2.24, 2.45) is 0 Å². The smallest absolute Gasteiger partial charge is 0.297 e. The number of aryl methyl sites for hydroxylation is 1. The fourth-order valence-electron chi connectivity index (χ4n) is 4.04. The van der Waals surface area contributed by atoms with Crippen LogP contribution in [0, 0.1) is 6.92 Å². The highest BCUT2D eigenvalue weighted by atomic mass is 32.2. The van der Waals surface area contributed by atoms with Crippen molar-refractivity contribution in [1.29, 1.82) is 0 Å². The van der Waals surface area contributed by atoms with Crippen molar-refractivity contribution in [3.05, 3.63) is 29.8 Å². The normalized spacial score (nSPS) is 13.8. The van der Waals surface area contributed by atoms with Crippen molar-refractivity contribution in [1.82, 2.24) is 0 Å². The van der Waals surface area contributed by atoms with Gasteiger partial charge in [-0.1, -0.05) is 108 Å². The molecule has 0 spiro atoms. The summed E-state index contributed by atoms with van der Waals surface area (Å²) in [5.41, 5.74) is 0.976. The molecule has 1 aromatic carbocycles. The van der Waals surface area contributed by atoms with Gasteiger partial charge in [0.15, 0.2) is 0 Å². The van der Waals surface area contributed by atoms with E-state index in [0.717, 1.165) is 12.0 Å². The maximum Gasteiger partial charge on any atom is 0.297 e. The minimum Gasteiger partial charge on any atom is -0.391 e. The molecule has 6 heteroatoms. The number of aliphatic hydroxyl groups excluding tert-OH is 1. The third-order valence-corrected chi connectivity index (χ3v) is 7.53. The van der Waals surface area contributed by atoms with Crippen LogP contribution in [0.15, 0.2) is 29.2 Å². The Morgan fingerprint density at radius 3 is 1.76 bits per heavy atom. The van der Waals surface area contributed by atoms with Gasteiger partial charge in [0, 0.05) is 13.0 Å². The van der Waals surface area contributed by atoms with E-state index in [1.165, 1.54) is 95.6 Å². The summed E-state index contributed by atoms with van der Waals surface area (Å²) in [6, 6.07) is 6.47. The van der Waals surface area contributed by atoms with E-state index in [9.17, 15) is 13.5 Å². The third kappa shape index (κ3) is 15.9. The largest absolute Gasteiger partial charge is 0.391 e. The van der Waals surface area contributed by atoms with E-state index in [1.54, 1.807) is 12.1 Å². The maximum absolute atomic E-state index is 12.2. The third-order valence-electron chi connectivity index (χ3n) is 6.23. The predicted octanol–water partition coefficient (Wildman–Crippen LogP) is 7.34. The molecule has 0 bridgehead atoms. The van der Waals surface area contributed by atoms with E-state index in [1.807, 2.05) is 13.8 Å². The summed E-state index contributed by atoms with van der Waals surface area (Å²) in [6.07, 6.45) is 17.9. The zero-order chi connectivity index (χ0) is 25.1. The zero-order valence-electron chi connectivity index (χ0n) is 22.0. The molecule has 1 aromatic rings. The molecule has 0 amide bonds. The van der Waals surface area contributed by atoms with Gasteiger partial charge in [-0.15, -0.1) is 0 Å². The molecule has 1 rings (SSSR count). The molecule has 0 saturated carbocycles. The van der Waals surface area contributed by atoms with Crippen LogP contribution < -0.4 is 0 Å².